The predicted octanol–water partition coefficient (Wildman–Crippen LogP) is 4.72. The number of halogens is 1. The lowest BCUT2D eigenvalue weighted by atomic mass is 9.99. The number of esters is 1. The van der Waals surface area contributed by atoms with Gasteiger partial charge in [-0.05, 0) is 62.4 Å². The molecule has 1 atom stereocenters. The Morgan fingerprint density at radius 1 is 1.20 bits per heavy atom. The third-order valence-electron chi connectivity index (χ3n) is 4.51. The molecule has 0 saturated heterocycles. The van der Waals surface area contributed by atoms with Gasteiger partial charge in [0.25, 0.3) is 0 Å². The first kappa shape index (κ1) is 17.5. The van der Waals surface area contributed by atoms with Crippen molar-refractivity contribution >= 4 is 5.97 Å². The van der Waals surface area contributed by atoms with Crippen LogP contribution in [0.25, 0.3) is 0 Å². The average Bonchev–Trinajstić information content (AvgIpc) is 3.03. The Balaban J connectivity index is 1.50. The standard InChI is InChI=1S/C21H23FO3/c1-2-24-21(23)18-8-5-9-20-19(18)14-17(25-20)7-4-3-6-15-10-12-16(22)13-11-15/h5,8-13,17H,2-4,6-7,14H2,1H3. The summed E-state index contributed by atoms with van der Waals surface area (Å²) in [6.07, 6.45) is 4.81. The number of hydrogen-bond donors (Lipinski definition) is 0. The molecule has 1 aliphatic rings. The van der Waals surface area contributed by atoms with Crippen molar-refractivity contribution in [2.24, 2.45) is 0 Å². The topological polar surface area (TPSA) is 35.5 Å². The lowest BCUT2D eigenvalue weighted by Crippen LogP contribution is -2.13. The van der Waals surface area contributed by atoms with Crippen LogP contribution in [0, 0.1) is 5.82 Å². The summed E-state index contributed by atoms with van der Waals surface area (Å²) < 4.78 is 24.0. The van der Waals surface area contributed by atoms with Gasteiger partial charge in [0.15, 0.2) is 0 Å². The van der Waals surface area contributed by atoms with Gasteiger partial charge in [-0.15, -0.1) is 0 Å². The van der Waals surface area contributed by atoms with E-state index in [1.807, 2.05) is 31.2 Å². The normalized spacial score (nSPS) is 15.5. The highest BCUT2D eigenvalue weighted by Gasteiger charge is 2.27. The Labute approximate surface area is 147 Å². The molecule has 0 aromatic heterocycles. The number of fused-ring (bicyclic) bond motifs is 1. The molecule has 0 radical (unpaired) electrons. The van der Waals surface area contributed by atoms with Gasteiger partial charge in [-0.2, -0.15) is 0 Å². The summed E-state index contributed by atoms with van der Waals surface area (Å²) in [5, 5.41) is 0. The minimum Gasteiger partial charge on any atom is -0.490 e. The summed E-state index contributed by atoms with van der Waals surface area (Å²) in [6.45, 7) is 2.18. The second-order valence-corrected chi connectivity index (χ2v) is 6.32. The monoisotopic (exact) mass is 342 g/mol. The van der Waals surface area contributed by atoms with E-state index < -0.39 is 0 Å². The number of ether oxygens (including phenoxy) is 2. The van der Waals surface area contributed by atoms with Crippen LogP contribution in [0.4, 0.5) is 4.39 Å². The maximum absolute atomic E-state index is 12.9. The van der Waals surface area contributed by atoms with Gasteiger partial charge >= 0.3 is 5.97 Å². The fraction of sp³-hybridized carbons (Fsp3) is 0.381. The first-order valence-electron chi connectivity index (χ1n) is 8.87. The highest BCUT2D eigenvalue weighted by molar-refractivity contribution is 5.92. The van der Waals surface area contributed by atoms with E-state index >= 15 is 0 Å². The number of carbonyl (C=O) groups excluding carboxylic acids is 1. The van der Waals surface area contributed by atoms with Crippen LogP contribution in [0.3, 0.4) is 0 Å². The summed E-state index contributed by atoms with van der Waals surface area (Å²) in [5.41, 5.74) is 2.74. The number of unbranched alkanes of at least 4 members (excludes halogenated alkanes) is 1. The second kappa shape index (κ2) is 8.15. The molecule has 0 bridgehead atoms. The van der Waals surface area contributed by atoms with Crippen molar-refractivity contribution in [1.82, 2.24) is 0 Å². The van der Waals surface area contributed by atoms with E-state index in [4.69, 9.17) is 9.47 Å². The van der Waals surface area contributed by atoms with Crippen LogP contribution >= 0.6 is 0 Å². The fourth-order valence-electron chi connectivity index (χ4n) is 3.25. The molecule has 1 aliphatic heterocycles. The van der Waals surface area contributed by atoms with E-state index in [2.05, 4.69) is 0 Å². The van der Waals surface area contributed by atoms with Crippen molar-refractivity contribution in [3.05, 3.63) is 65.0 Å². The largest absolute Gasteiger partial charge is 0.490 e. The third kappa shape index (κ3) is 4.38. The molecule has 25 heavy (non-hydrogen) atoms. The molecule has 0 aliphatic carbocycles. The molecule has 3 nitrogen and oxygen atoms in total. The summed E-state index contributed by atoms with van der Waals surface area (Å²) in [7, 11) is 0. The fourth-order valence-corrected chi connectivity index (χ4v) is 3.25. The third-order valence-corrected chi connectivity index (χ3v) is 4.51. The second-order valence-electron chi connectivity index (χ2n) is 6.32. The van der Waals surface area contributed by atoms with Crippen LogP contribution in [0.2, 0.25) is 0 Å². The van der Waals surface area contributed by atoms with Gasteiger partial charge in [0.2, 0.25) is 0 Å². The lowest BCUT2D eigenvalue weighted by Gasteiger charge is -2.10. The number of carbonyl (C=O) groups is 1. The molecule has 132 valence electrons. The Bertz CT molecular complexity index is 724. The molecule has 0 N–H and O–H groups in total. The quantitative estimate of drug-likeness (QED) is 0.539. The van der Waals surface area contributed by atoms with Crippen LogP contribution in [-0.4, -0.2) is 18.7 Å². The molecule has 2 aromatic rings. The highest BCUT2D eigenvalue weighted by Crippen LogP contribution is 2.33. The molecule has 0 amide bonds. The molecule has 0 spiro atoms. The molecule has 0 saturated carbocycles. The minimum atomic E-state index is -0.278. The maximum atomic E-state index is 12.9. The number of hydrogen-bond acceptors (Lipinski definition) is 3. The summed E-state index contributed by atoms with van der Waals surface area (Å²) in [4.78, 5) is 12.0. The van der Waals surface area contributed by atoms with Gasteiger partial charge in [0.05, 0.1) is 12.2 Å². The van der Waals surface area contributed by atoms with Crippen LogP contribution in [0.15, 0.2) is 42.5 Å². The zero-order valence-electron chi connectivity index (χ0n) is 14.5. The first-order valence-corrected chi connectivity index (χ1v) is 8.87. The number of rotatable bonds is 7. The molecule has 2 aromatic carbocycles. The van der Waals surface area contributed by atoms with Crippen molar-refractivity contribution in [1.29, 1.82) is 0 Å². The van der Waals surface area contributed by atoms with Crippen LogP contribution in [0.1, 0.15) is 47.7 Å². The Hall–Kier alpha value is -2.36. The Morgan fingerprint density at radius 3 is 2.76 bits per heavy atom. The highest BCUT2D eigenvalue weighted by atomic mass is 19.1. The van der Waals surface area contributed by atoms with Crippen molar-refractivity contribution in [3.8, 4) is 5.75 Å². The van der Waals surface area contributed by atoms with Gasteiger partial charge < -0.3 is 9.47 Å². The van der Waals surface area contributed by atoms with Gasteiger partial charge in [0, 0.05) is 12.0 Å². The predicted molar refractivity (Wildman–Crippen MR) is 94.5 cm³/mol. The SMILES string of the molecule is CCOC(=O)c1cccc2c1CC(CCCCc1ccc(F)cc1)O2. The molecule has 3 rings (SSSR count). The van der Waals surface area contributed by atoms with E-state index in [1.54, 1.807) is 6.07 Å². The summed E-state index contributed by atoms with van der Waals surface area (Å²) >= 11 is 0. The van der Waals surface area contributed by atoms with E-state index in [0.29, 0.717) is 12.2 Å². The van der Waals surface area contributed by atoms with E-state index in [1.165, 1.54) is 12.1 Å². The minimum absolute atomic E-state index is 0.110. The molecule has 1 unspecified atom stereocenters. The van der Waals surface area contributed by atoms with Crippen molar-refractivity contribution in [3.63, 3.8) is 0 Å². The van der Waals surface area contributed by atoms with E-state index in [-0.39, 0.29) is 17.9 Å². The van der Waals surface area contributed by atoms with Crippen molar-refractivity contribution in [2.45, 2.75) is 45.1 Å². The molecule has 4 heteroatoms. The molecular formula is C21H23FO3. The molecule has 0 fully saturated rings. The van der Waals surface area contributed by atoms with Crippen LogP contribution < -0.4 is 4.74 Å². The number of benzene rings is 2. The van der Waals surface area contributed by atoms with Gasteiger partial charge in [0.1, 0.15) is 17.7 Å². The lowest BCUT2D eigenvalue weighted by molar-refractivity contribution is 0.0525. The zero-order valence-corrected chi connectivity index (χ0v) is 14.5. The van der Waals surface area contributed by atoms with Crippen molar-refractivity contribution in [2.75, 3.05) is 6.61 Å². The molecule has 1 heterocycles. The smallest absolute Gasteiger partial charge is 0.338 e. The van der Waals surface area contributed by atoms with Gasteiger partial charge in [-0.25, -0.2) is 9.18 Å². The first-order chi connectivity index (χ1) is 12.2. The van der Waals surface area contributed by atoms with Gasteiger partial charge in [-0.3, -0.25) is 0 Å². The van der Waals surface area contributed by atoms with E-state index in [9.17, 15) is 9.18 Å². The Kier molecular flexibility index (Phi) is 5.69. The van der Waals surface area contributed by atoms with Crippen LogP contribution in [-0.2, 0) is 17.6 Å². The van der Waals surface area contributed by atoms with Gasteiger partial charge in [-0.1, -0.05) is 18.2 Å². The maximum Gasteiger partial charge on any atom is 0.338 e. The average molecular weight is 342 g/mol. The molecular weight excluding hydrogens is 319 g/mol. The summed E-state index contributed by atoms with van der Waals surface area (Å²) in [5.74, 6) is 0.326. The van der Waals surface area contributed by atoms with Crippen LogP contribution in [0.5, 0.6) is 5.75 Å². The van der Waals surface area contributed by atoms with Crippen molar-refractivity contribution < 1.29 is 18.7 Å². The summed E-state index contributed by atoms with van der Waals surface area (Å²) in [6, 6.07) is 12.2. The Morgan fingerprint density at radius 2 is 2.00 bits per heavy atom. The zero-order chi connectivity index (χ0) is 17.6. The number of aryl methyl sites for hydroxylation is 1. The van der Waals surface area contributed by atoms with E-state index in [0.717, 1.165) is 49.0 Å².